The Hall–Kier alpha value is -1.05. The monoisotopic (exact) mass is 735 g/mol. The van der Waals surface area contributed by atoms with Crippen molar-refractivity contribution in [1.29, 1.82) is 0 Å². The van der Waals surface area contributed by atoms with E-state index in [4.69, 9.17) is 4.74 Å². The summed E-state index contributed by atoms with van der Waals surface area (Å²) in [7, 11) is 0. The van der Waals surface area contributed by atoms with Gasteiger partial charge in [-0.05, 0) is 136 Å². The van der Waals surface area contributed by atoms with Crippen LogP contribution in [0.1, 0.15) is 235 Å². The Labute approximate surface area is 331 Å². The molecule has 9 atom stereocenters. The highest BCUT2D eigenvalue weighted by atomic mass is 16.5. The van der Waals surface area contributed by atoms with Crippen LogP contribution in [0.4, 0.5) is 0 Å². The number of allylic oxidation sites excluding steroid dienone is 3. The van der Waals surface area contributed by atoms with Gasteiger partial charge in [0.05, 0.1) is 0 Å². The van der Waals surface area contributed by atoms with Crippen molar-refractivity contribution in [2.24, 2.45) is 52.3 Å². The molecule has 0 bridgehead atoms. The Morgan fingerprint density at radius 2 is 1.38 bits per heavy atom. The second kappa shape index (κ2) is 23.2. The highest BCUT2D eigenvalue weighted by molar-refractivity contribution is 5.69. The first-order valence-electron chi connectivity index (χ1n) is 24.2. The highest BCUT2D eigenvalue weighted by Gasteiger charge is 2.59. The lowest BCUT2D eigenvalue weighted by Gasteiger charge is -2.58. The number of unbranched alkanes of at least 4 members (excludes halogenated alkanes) is 15. The van der Waals surface area contributed by atoms with Crippen molar-refractivity contribution in [3.05, 3.63) is 23.8 Å². The zero-order valence-corrected chi connectivity index (χ0v) is 36.7. The molecule has 0 unspecified atom stereocenters. The molecule has 0 aliphatic heterocycles. The summed E-state index contributed by atoms with van der Waals surface area (Å²) in [6.45, 7) is 17.5. The number of esters is 1. The van der Waals surface area contributed by atoms with Crippen LogP contribution in [0.15, 0.2) is 23.8 Å². The average Bonchev–Trinajstić information content (AvgIpc) is 3.50. The SMILES string of the molecule is CCCCCCCC/C=C\CCCCCCCCCCCC(=O)O[C@H]1CC[C@@]2(C)C(=CC[C@H]3[C@@H]4CC[C@H]([C@H](C)CC[C@@H](CC)C(C)C)[C@@]4(C)CC[C@@H]32)C1. The largest absolute Gasteiger partial charge is 0.462 e. The van der Waals surface area contributed by atoms with Crippen LogP contribution in [0.2, 0.25) is 0 Å². The third-order valence-electron chi connectivity index (χ3n) is 16.2. The lowest BCUT2D eigenvalue weighted by molar-refractivity contribution is -0.151. The molecule has 0 spiro atoms. The summed E-state index contributed by atoms with van der Waals surface area (Å²) in [5, 5.41) is 0. The van der Waals surface area contributed by atoms with Gasteiger partial charge in [0.25, 0.3) is 0 Å². The molecule has 0 aromatic carbocycles. The third kappa shape index (κ3) is 13.0. The van der Waals surface area contributed by atoms with Crippen molar-refractivity contribution < 1.29 is 9.53 Å². The van der Waals surface area contributed by atoms with Gasteiger partial charge in [-0.15, -0.1) is 0 Å². The highest BCUT2D eigenvalue weighted by Crippen LogP contribution is 2.67. The van der Waals surface area contributed by atoms with Gasteiger partial charge in [0.2, 0.25) is 0 Å². The van der Waals surface area contributed by atoms with E-state index in [0.717, 1.165) is 60.7 Å². The average molecular weight is 735 g/mol. The molecule has 0 aromatic rings. The fraction of sp³-hybridized carbons (Fsp3) is 0.902. The summed E-state index contributed by atoms with van der Waals surface area (Å²) < 4.78 is 6.16. The number of carbonyl (C=O) groups is 1. The molecule has 3 saturated carbocycles. The second-order valence-corrected chi connectivity index (χ2v) is 20.1. The van der Waals surface area contributed by atoms with E-state index >= 15 is 0 Å². The number of rotatable bonds is 26. The maximum absolute atomic E-state index is 12.9. The maximum atomic E-state index is 12.9. The normalized spacial score (nSPS) is 30.9. The number of ether oxygens (including phenoxy) is 1. The predicted octanol–water partition coefficient (Wildman–Crippen LogP) is 16.2. The Bertz CT molecular complexity index is 1090. The number of hydrogen-bond acceptors (Lipinski definition) is 2. The molecule has 306 valence electrons. The second-order valence-electron chi connectivity index (χ2n) is 20.1. The first-order chi connectivity index (χ1) is 25.6. The van der Waals surface area contributed by atoms with Crippen LogP contribution in [-0.4, -0.2) is 12.1 Å². The van der Waals surface area contributed by atoms with Gasteiger partial charge >= 0.3 is 5.97 Å². The first-order valence-corrected chi connectivity index (χ1v) is 24.2. The fourth-order valence-corrected chi connectivity index (χ4v) is 12.7. The summed E-state index contributed by atoms with van der Waals surface area (Å²) in [5.41, 5.74) is 2.51. The Kier molecular flexibility index (Phi) is 19.6. The zero-order valence-electron chi connectivity index (χ0n) is 36.7. The van der Waals surface area contributed by atoms with Crippen molar-refractivity contribution in [2.45, 2.75) is 241 Å². The van der Waals surface area contributed by atoms with Gasteiger partial charge in [0, 0.05) is 12.8 Å². The van der Waals surface area contributed by atoms with Crippen LogP contribution in [-0.2, 0) is 9.53 Å². The molecule has 0 N–H and O–H groups in total. The lowest BCUT2D eigenvalue weighted by atomic mass is 9.47. The van der Waals surface area contributed by atoms with Crippen LogP contribution in [0.25, 0.3) is 0 Å². The molecule has 0 aromatic heterocycles. The quantitative estimate of drug-likeness (QED) is 0.0502. The summed E-state index contributed by atoms with van der Waals surface area (Å²) >= 11 is 0. The molecule has 0 amide bonds. The van der Waals surface area contributed by atoms with Crippen LogP contribution < -0.4 is 0 Å². The number of hydrogen-bond donors (Lipinski definition) is 0. The van der Waals surface area contributed by atoms with E-state index in [0.29, 0.717) is 17.3 Å². The number of carbonyl (C=O) groups excluding carboxylic acids is 1. The van der Waals surface area contributed by atoms with Crippen LogP contribution in [0.5, 0.6) is 0 Å². The van der Waals surface area contributed by atoms with Gasteiger partial charge in [-0.2, -0.15) is 0 Å². The van der Waals surface area contributed by atoms with E-state index in [9.17, 15) is 4.79 Å². The molecule has 0 radical (unpaired) electrons. The minimum absolute atomic E-state index is 0.0621. The third-order valence-corrected chi connectivity index (χ3v) is 16.2. The van der Waals surface area contributed by atoms with E-state index < -0.39 is 0 Å². The molecule has 2 nitrogen and oxygen atoms in total. The maximum Gasteiger partial charge on any atom is 0.306 e. The zero-order chi connectivity index (χ0) is 38.1. The van der Waals surface area contributed by atoms with E-state index in [-0.39, 0.29) is 12.1 Å². The van der Waals surface area contributed by atoms with E-state index in [2.05, 4.69) is 66.7 Å². The number of fused-ring (bicyclic) bond motifs is 5. The topological polar surface area (TPSA) is 26.3 Å². The standard InChI is InChI=1S/C51H90O2/c1-8-10-11-12-13-14-15-16-17-18-19-20-21-22-23-24-25-26-27-28-49(52)53-44-35-37-50(6)43(39-44)31-32-45-47-34-33-46(51(47,7)38-36-48(45)50)41(5)29-30-42(9-2)40(3)4/h16-17,31,40-42,44-48H,8-15,18-30,32-39H2,1-7H3/b17-16-/t41-,42-,44+,45+,46-,47+,48+,50+,51-/m1/s1. The summed E-state index contributed by atoms with van der Waals surface area (Å²) in [4.78, 5) is 12.9. The Morgan fingerprint density at radius 3 is 2.00 bits per heavy atom. The minimum Gasteiger partial charge on any atom is -0.462 e. The van der Waals surface area contributed by atoms with Gasteiger partial charge in [-0.3, -0.25) is 4.79 Å². The molecule has 4 aliphatic rings. The van der Waals surface area contributed by atoms with Gasteiger partial charge in [0.1, 0.15) is 6.10 Å². The van der Waals surface area contributed by atoms with E-state index in [1.54, 1.807) is 5.57 Å². The van der Waals surface area contributed by atoms with Crippen LogP contribution in [0, 0.1) is 52.3 Å². The minimum atomic E-state index is 0.0621. The van der Waals surface area contributed by atoms with Crippen LogP contribution >= 0.6 is 0 Å². The molecule has 4 rings (SSSR count). The molecule has 2 heteroatoms. The van der Waals surface area contributed by atoms with E-state index in [1.807, 2.05) is 0 Å². The molecule has 0 heterocycles. The molecular weight excluding hydrogens is 645 g/mol. The van der Waals surface area contributed by atoms with E-state index in [1.165, 1.54) is 161 Å². The van der Waals surface area contributed by atoms with Crippen molar-refractivity contribution in [3.63, 3.8) is 0 Å². The summed E-state index contributed by atoms with van der Waals surface area (Å²) in [6, 6.07) is 0. The van der Waals surface area contributed by atoms with Crippen molar-refractivity contribution in [1.82, 2.24) is 0 Å². The fourth-order valence-electron chi connectivity index (χ4n) is 12.7. The van der Waals surface area contributed by atoms with Crippen molar-refractivity contribution in [2.75, 3.05) is 0 Å². The molecular formula is C51H90O2. The van der Waals surface area contributed by atoms with Gasteiger partial charge in [-0.1, -0.05) is 162 Å². The van der Waals surface area contributed by atoms with Gasteiger partial charge < -0.3 is 4.74 Å². The molecule has 53 heavy (non-hydrogen) atoms. The summed E-state index contributed by atoms with van der Waals surface area (Å²) in [6.07, 6.45) is 45.3. The van der Waals surface area contributed by atoms with Gasteiger partial charge in [-0.25, -0.2) is 0 Å². The Balaban J connectivity index is 1.06. The lowest BCUT2D eigenvalue weighted by Crippen LogP contribution is -2.51. The van der Waals surface area contributed by atoms with Gasteiger partial charge in [0.15, 0.2) is 0 Å². The first kappa shape index (κ1) is 44.7. The molecule has 4 aliphatic carbocycles. The summed E-state index contributed by atoms with van der Waals surface area (Å²) in [5.74, 6) is 6.16. The van der Waals surface area contributed by atoms with Crippen molar-refractivity contribution in [3.8, 4) is 0 Å². The molecule has 0 saturated heterocycles. The Morgan fingerprint density at radius 1 is 0.755 bits per heavy atom. The smallest absolute Gasteiger partial charge is 0.306 e. The van der Waals surface area contributed by atoms with Crippen molar-refractivity contribution >= 4 is 5.97 Å². The van der Waals surface area contributed by atoms with Crippen LogP contribution in [0.3, 0.4) is 0 Å². The molecule has 3 fully saturated rings. The predicted molar refractivity (Wildman–Crippen MR) is 230 cm³/mol.